The minimum atomic E-state index is -1.14. The Balaban J connectivity index is 2.97. The van der Waals surface area contributed by atoms with Crippen LogP contribution in [0.3, 0.4) is 0 Å². The first-order valence-corrected chi connectivity index (χ1v) is 6.63. The second kappa shape index (κ2) is 6.24. The number of hydrogen-bond donors (Lipinski definition) is 4. The molecule has 0 spiro atoms. The largest absolute Gasteiger partial charge is 0.398 e. The topological polar surface area (TPSA) is 95.6 Å². The summed E-state index contributed by atoms with van der Waals surface area (Å²) in [6.07, 6.45) is -2.24. The normalized spacial score (nSPS) is 14.7. The standard InChI is InChI=1S/C15H24N2O3/c1-9(18)17-8-13(19)14(20)11-7-10(15(2,3)4)5-6-12(11)16/h5-7,13-14,19-20H,8,16H2,1-4H3,(H,17,18). The molecule has 1 aromatic carbocycles. The Hall–Kier alpha value is -1.59. The van der Waals surface area contributed by atoms with E-state index in [4.69, 9.17) is 5.73 Å². The molecule has 0 saturated heterocycles. The van der Waals surface area contributed by atoms with Gasteiger partial charge >= 0.3 is 0 Å². The predicted molar refractivity (Wildman–Crippen MR) is 79.2 cm³/mol. The van der Waals surface area contributed by atoms with Gasteiger partial charge < -0.3 is 21.3 Å². The van der Waals surface area contributed by atoms with Crippen LogP contribution in [0.25, 0.3) is 0 Å². The van der Waals surface area contributed by atoms with Gasteiger partial charge in [0, 0.05) is 24.7 Å². The first kappa shape index (κ1) is 16.5. The summed E-state index contributed by atoms with van der Waals surface area (Å²) in [5, 5.41) is 22.6. The zero-order valence-electron chi connectivity index (χ0n) is 12.5. The maximum absolute atomic E-state index is 10.8. The third-order valence-corrected chi connectivity index (χ3v) is 3.20. The summed E-state index contributed by atoms with van der Waals surface area (Å²) < 4.78 is 0. The summed E-state index contributed by atoms with van der Waals surface area (Å²) in [5.74, 6) is -0.257. The molecular formula is C15H24N2O3. The lowest BCUT2D eigenvalue weighted by Crippen LogP contribution is -2.34. The molecular weight excluding hydrogens is 256 g/mol. The minimum absolute atomic E-state index is 0.0182. The number of rotatable bonds is 4. The average molecular weight is 280 g/mol. The minimum Gasteiger partial charge on any atom is -0.398 e. The second-order valence-corrected chi connectivity index (χ2v) is 6.04. The van der Waals surface area contributed by atoms with Crippen molar-refractivity contribution < 1.29 is 15.0 Å². The summed E-state index contributed by atoms with van der Waals surface area (Å²) in [6, 6.07) is 5.44. The van der Waals surface area contributed by atoms with Crippen molar-refractivity contribution >= 4 is 11.6 Å². The van der Waals surface area contributed by atoms with E-state index in [0.717, 1.165) is 5.56 Å². The monoisotopic (exact) mass is 280 g/mol. The van der Waals surface area contributed by atoms with E-state index in [0.29, 0.717) is 11.3 Å². The highest BCUT2D eigenvalue weighted by atomic mass is 16.3. The van der Waals surface area contributed by atoms with Crippen molar-refractivity contribution in [1.29, 1.82) is 0 Å². The van der Waals surface area contributed by atoms with Crippen molar-refractivity contribution in [2.24, 2.45) is 0 Å². The Kier molecular flexibility index (Phi) is 5.14. The molecule has 1 rings (SSSR count). The molecule has 0 saturated carbocycles. The van der Waals surface area contributed by atoms with Gasteiger partial charge in [-0.25, -0.2) is 0 Å². The summed E-state index contributed by atoms with van der Waals surface area (Å²) in [5.41, 5.74) is 7.72. The molecule has 1 aromatic rings. The lowest BCUT2D eigenvalue weighted by atomic mass is 9.85. The molecule has 1 amide bonds. The molecule has 0 fully saturated rings. The molecule has 0 aliphatic rings. The van der Waals surface area contributed by atoms with Crippen LogP contribution in [0.5, 0.6) is 0 Å². The molecule has 112 valence electrons. The zero-order chi connectivity index (χ0) is 15.5. The highest BCUT2D eigenvalue weighted by Gasteiger charge is 2.23. The molecule has 2 unspecified atom stereocenters. The Morgan fingerprint density at radius 2 is 1.95 bits per heavy atom. The zero-order valence-corrected chi connectivity index (χ0v) is 12.5. The van der Waals surface area contributed by atoms with Crippen molar-refractivity contribution in [3.05, 3.63) is 29.3 Å². The van der Waals surface area contributed by atoms with Crippen molar-refractivity contribution in [3.63, 3.8) is 0 Å². The average Bonchev–Trinajstić information content (AvgIpc) is 2.34. The highest BCUT2D eigenvalue weighted by Crippen LogP contribution is 2.30. The highest BCUT2D eigenvalue weighted by molar-refractivity contribution is 5.72. The molecule has 5 heteroatoms. The van der Waals surface area contributed by atoms with Crippen LogP contribution in [-0.4, -0.2) is 28.8 Å². The third-order valence-electron chi connectivity index (χ3n) is 3.20. The number of carbonyl (C=O) groups is 1. The summed E-state index contributed by atoms with van der Waals surface area (Å²) in [6.45, 7) is 7.51. The summed E-state index contributed by atoms with van der Waals surface area (Å²) in [4.78, 5) is 10.8. The number of aliphatic hydroxyl groups is 2. The van der Waals surface area contributed by atoms with E-state index in [1.807, 2.05) is 6.07 Å². The van der Waals surface area contributed by atoms with Crippen LogP contribution >= 0.6 is 0 Å². The molecule has 0 radical (unpaired) electrons. The van der Waals surface area contributed by atoms with E-state index < -0.39 is 12.2 Å². The van der Waals surface area contributed by atoms with Gasteiger partial charge in [0.05, 0.1) is 0 Å². The van der Waals surface area contributed by atoms with Crippen LogP contribution in [0.4, 0.5) is 5.69 Å². The number of carbonyl (C=O) groups excluding carboxylic acids is 1. The van der Waals surface area contributed by atoms with Crippen LogP contribution in [0.15, 0.2) is 18.2 Å². The fourth-order valence-corrected chi connectivity index (χ4v) is 1.86. The number of benzene rings is 1. The van der Waals surface area contributed by atoms with Gasteiger partial charge in [0.1, 0.15) is 12.2 Å². The SMILES string of the molecule is CC(=O)NCC(O)C(O)c1cc(C(C)(C)C)ccc1N. The van der Waals surface area contributed by atoms with Gasteiger partial charge in [-0.05, 0) is 17.0 Å². The smallest absolute Gasteiger partial charge is 0.216 e. The molecule has 20 heavy (non-hydrogen) atoms. The maximum atomic E-state index is 10.8. The number of nitrogens with one attached hydrogen (secondary N) is 1. The number of anilines is 1. The molecule has 0 bridgehead atoms. The van der Waals surface area contributed by atoms with Crippen molar-refractivity contribution in [2.45, 2.75) is 45.3 Å². The number of aliphatic hydroxyl groups excluding tert-OH is 2. The van der Waals surface area contributed by atoms with E-state index in [9.17, 15) is 15.0 Å². The fraction of sp³-hybridized carbons (Fsp3) is 0.533. The van der Waals surface area contributed by atoms with Gasteiger partial charge in [0.15, 0.2) is 0 Å². The maximum Gasteiger partial charge on any atom is 0.216 e. The van der Waals surface area contributed by atoms with Crippen LogP contribution in [0.1, 0.15) is 44.9 Å². The van der Waals surface area contributed by atoms with Crippen LogP contribution < -0.4 is 11.1 Å². The van der Waals surface area contributed by atoms with Crippen LogP contribution in [0.2, 0.25) is 0 Å². The first-order valence-electron chi connectivity index (χ1n) is 6.63. The van der Waals surface area contributed by atoms with Crippen LogP contribution in [-0.2, 0) is 10.2 Å². The quantitative estimate of drug-likeness (QED) is 0.621. The lowest BCUT2D eigenvalue weighted by Gasteiger charge is -2.24. The molecule has 0 aliphatic carbocycles. The van der Waals surface area contributed by atoms with Crippen molar-refractivity contribution in [1.82, 2.24) is 5.32 Å². The van der Waals surface area contributed by atoms with Gasteiger partial charge in [-0.2, -0.15) is 0 Å². The number of nitrogen functional groups attached to an aromatic ring is 1. The Morgan fingerprint density at radius 3 is 2.45 bits per heavy atom. The second-order valence-electron chi connectivity index (χ2n) is 6.04. The molecule has 2 atom stereocenters. The Bertz CT molecular complexity index is 480. The van der Waals surface area contributed by atoms with Crippen LogP contribution in [0, 0.1) is 0 Å². The van der Waals surface area contributed by atoms with Gasteiger partial charge in [-0.15, -0.1) is 0 Å². The number of hydrogen-bond acceptors (Lipinski definition) is 4. The van der Waals surface area contributed by atoms with Crippen molar-refractivity contribution in [2.75, 3.05) is 12.3 Å². The first-order chi connectivity index (χ1) is 9.12. The van der Waals surface area contributed by atoms with E-state index >= 15 is 0 Å². The fourth-order valence-electron chi connectivity index (χ4n) is 1.86. The molecule has 0 aliphatic heterocycles. The van der Waals surface area contributed by atoms with Gasteiger partial charge in [0.25, 0.3) is 0 Å². The summed E-state index contributed by atoms with van der Waals surface area (Å²) >= 11 is 0. The predicted octanol–water partition coefficient (Wildman–Crippen LogP) is 1.10. The molecule has 5 N–H and O–H groups in total. The Labute approximate surface area is 119 Å². The lowest BCUT2D eigenvalue weighted by molar-refractivity contribution is -0.119. The van der Waals surface area contributed by atoms with E-state index in [2.05, 4.69) is 26.1 Å². The third kappa shape index (κ3) is 4.21. The number of nitrogens with two attached hydrogens (primary N) is 1. The molecule has 0 aromatic heterocycles. The van der Waals surface area contributed by atoms with Gasteiger partial charge in [0.2, 0.25) is 5.91 Å². The molecule has 5 nitrogen and oxygen atoms in total. The Morgan fingerprint density at radius 1 is 1.35 bits per heavy atom. The van der Waals surface area contributed by atoms with Gasteiger partial charge in [-0.3, -0.25) is 4.79 Å². The van der Waals surface area contributed by atoms with Gasteiger partial charge in [-0.1, -0.05) is 32.9 Å². The van der Waals surface area contributed by atoms with E-state index in [1.54, 1.807) is 12.1 Å². The van der Waals surface area contributed by atoms with E-state index in [1.165, 1.54) is 6.92 Å². The number of amides is 1. The molecule has 0 heterocycles. The van der Waals surface area contributed by atoms with E-state index in [-0.39, 0.29) is 17.9 Å². The van der Waals surface area contributed by atoms with Crippen molar-refractivity contribution in [3.8, 4) is 0 Å². The summed E-state index contributed by atoms with van der Waals surface area (Å²) in [7, 11) is 0.